The summed E-state index contributed by atoms with van der Waals surface area (Å²) < 4.78 is 31.6. The highest BCUT2D eigenvalue weighted by Gasteiger charge is 2.28. The minimum Gasteiger partial charge on any atom is -0.465 e. The van der Waals surface area contributed by atoms with Crippen LogP contribution in [0, 0.1) is 10.1 Å². The number of benzene rings is 2. The van der Waals surface area contributed by atoms with Gasteiger partial charge in [0, 0.05) is 17.2 Å². The highest BCUT2D eigenvalue weighted by atomic mass is 35.5. The van der Waals surface area contributed by atoms with E-state index in [9.17, 15) is 23.3 Å². The number of ether oxygens (including phenoxy) is 1. The third-order valence-electron chi connectivity index (χ3n) is 3.31. The Labute approximate surface area is 155 Å². The van der Waals surface area contributed by atoms with E-state index in [2.05, 4.69) is 0 Å². The van der Waals surface area contributed by atoms with E-state index >= 15 is 0 Å². The summed E-state index contributed by atoms with van der Waals surface area (Å²) in [6, 6.07) is 10.3. The number of nitro benzene ring substituents is 1. The molecular formula is C16H15ClN2O6S. The number of halogens is 1. The standard InChI is InChI=1S/C16H15ClN2O6S/c1-2-25-16(20)11-18(14-5-3-4-12(17)10-14)26(23,24)15-8-6-13(7-9-15)19(21)22/h3-10H,2,11H2,1H3. The first-order chi connectivity index (χ1) is 12.3. The Morgan fingerprint density at radius 2 is 1.88 bits per heavy atom. The molecule has 0 saturated heterocycles. The summed E-state index contributed by atoms with van der Waals surface area (Å²) in [5, 5.41) is 11.0. The average molecular weight is 399 g/mol. The fourth-order valence-electron chi connectivity index (χ4n) is 2.14. The van der Waals surface area contributed by atoms with E-state index in [1.807, 2.05) is 0 Å². The smallest absolute Gasteiger partial charge is 0.326 e. The zero-order valence-corrected chi connectivity index (χ0v) is 15.2. The Morgan fingerprint density at radius 1 is 1.23 bits per heavy atom. The number of hydrogen-bond acceptors (Lipinski definition) is 6. The SMILES string of the molecule is CCOC(=O)CN(c1cccc(Cl)c1)S(=O)(=O)c1ccc([N+](=O)[O-])cc1. The number of nitrogens with zero attached hydrogens (tertiary/aromatic N) is 2. The molecular weight excluding hydrogens is 384 g/mol. The van der Waals surface area contributed by atoms with Crippen LogP contribution in [0.4, 0.5) is 11.4 Å². The molecule has 0 aromatic heterocycles. The van der Waals surface area contributed by atoms with Crippen LogP contribution in [0.3, 0.4) is 0 Å². The van der Waals surface area contributed by atoms with Crippen molar-refractivity contribution >= 4 is 39.0 Å². The minimum absolute atomic E-state index is 0.0970. The molecule has 0 atom stereocenters. The predicted molar refractivity (Wildman–Crippen MR) is 95.7 cm³/mol. The summed E-state index contributed by atoms with van der Waals surface area (Å²) in [5.41, 5.74) is -0.0763. The number of anilines is 1. The maximum atomic E-state index is 13.0. The molecule has 0 amide bonds. The van der Waals surface area contributed by atoms with Crippen LogP contribution in [-0.2, 0) is 19.6 Å². The van der Waals surface area contributed by atoms with Crippen LogP contribution in [0.2, 0.25) is 5.02 Å². The van der Waals surface area contributed by atoms with Crippen molar-refractivity contribution in [2.75, 3.05) is 17.5 Å². The molecule has 2 rings (SSSR count). The van der Waals surface area contributed by atoms with Gasteiger partial charge in [0.2, 0.25) is 0 Å². The van der Waals surface area contributed by atoms with Gasteiger partial charge in [0.15, 0.2) is 0 Å². The van der Waals surface area contributed by atoms with Gasteiger partial charge < -0.3 is 4.74 Å². The number of hydrogen-bond donors (Lipinski definition) is 0. The third kappa shape index (κ3) is 4.50. The van der Waals surface area contributed by atoms with Gasteiger partial charge in [-0.15, -0.1) is 0 Å². The van der Waals surface area contributed by atoms with Crippen LogP contribution in [0.5, 0.6) is 0 Å². The zero-order chi connectivity index (χ0) is 19.3. The first-order valence-corrected chi connectivity index (χ1v) is 9.26. The molecule has 8 nitrogen and oxygen atoms in total. The molecule has 10 heteroatoms. The average Bonchev–Trinajstić information content (AvgIpc) is 2.60. The Bertz CT molecular complexity index is 915. The van der Waals surface area contributed by atoms with E-state index in [1.165, 1.54) is 12.1 Å². The first kappa shape index (κ1) is 19.7. The summed E-state index contributed by atoms with van der Waals surface area (Å²) in [5.74, 6) is -0.738. The molecule has 2 aromatic carbocycles. The fraction of sp³-hybridized carbons (Fsp3) is 0.188. The van der Waals surface area contributed by atoms with Crippen LogP contribution in [-0.4, -0.2) is 32.5 Å². The van der Waals surface area contributed by atoms with Crippen molar-refractivity contribution in [2.45, 2.75) is 11.8 Å². The Hall–Kier alpha value is -2.65. The number of non-ortho nitro benzene ring substituents is 1. The van der Waals surface area contributed by atoms with Crippen molar-refractivity contribution in [3.05, 3.63) is 63.7 Å². The van der Waals surface area contributed by atoms with Crippen molar-refractivity contribution < 1.29 is 22.9 Å². The number of nitro groups is 1. The summed E-state index contributed by atoms with van der Waals surface area (Å²) in [6.07, 6.45) is 0. The minimum atomic E-state index is -4.18. The second-order valence-electron chi connectivity index (χ2n) is 5.05. The number of sulfonamides is 1. The van der Waals surface area contributed by atoms with E-state index in [-0.39, 0.29) is 27.9 Å². The zero-order valence-electron chi connectivity index (χ0n) is 13.7. The van der Waals surface area contributed by atoms with Gasteiger partial charge in [0.05, 0.1) is 22.1 Å². The molecule has 2 aromatic rings. The molecule has 0 saturated carbocycles. The van der Waals surface area contributed by atoms with E-state index < -0.39 is 27.5 Å². The summed E-state index contributed by atoms with van der Waals surface area (Å²) in [6.45, 7) is 1.14. The maximum Gasteiger partial charge on any atom is 0.326 e. The van der Waals surface area contributed by atoms with Crippen molar-refractivity contribution in [3.8, 4) is 0 Å². The first-order valence-electron chi connectivity index (χ1n) is 7.44. The number of rotatable bonds is 7. The van der Waals surface area contributed by atoms with Crippen LogP contribution in [0.1, 0.15) is 6.92 Å². The Kier molecular flexibility index (Phi) is 6.17. The quantitative estimate of drug-likeness (QED) is 0.403. The molecule has 0 aliphatic carbocycles. The second kappa shape index (κ2) is 8.15. The fourth-order valence-corrected chi connectivity index (χ4v) is 3.72. The largest absolute Gasteiger partial charge is 0.465 e. The lowest BCUT2D eigenvalue weighted by Crippen LogP contribution is -2.36. The molecule has 0 fully saturated rings. The molecule has 0 aliphatic heterocycles. The molecule has 0 spiro atoms. The van der Waals surface area contributed by atoms with E-state index in [0.29, 0.717) is 0 Å². The van der Waals surface area contributed by atoms with Crippen LogP contribution >= 0.6 is 11.6 Å². The topological polar surface area (TPSA) is 107 Å². The second-order valence-corrected chi connectivity index (χ2v) is 7.35. The van der Waals surface area contributed by atoms with Crippen molar-refractivity contribution in [2.24, 2.45) is 0 Å². The van der Waals surface area contributed by atoms with Crippen LogP contribution in [0.25, 0.3) is 0 Å². The molecule has 138 valence electrons. The molecule has 0 aliphatic rings. The van der Waals surface area contributed by atoms with Gasteiger partial charge in [-0.1, -0.05) is 17.7 Å². The molecule has 0 radical (unpaired) electrons. The van der Waals surface area contributed by atoms with Gasteiger partial charge >= 0.3 is 5.97 Å². The molecule has 0 heterocycles. The van der Waals surface area contributed by atoms with Gasteiger partial charge in [-0.05, 0) is 37.3 Å². The highest BCUT2D eigenvalue weighted by molar-refractivity contribution is 7.92. The van der Waals surface area contributed by atoms with E-state index in [1.54, 1.807) is 19.1 Å². The van der Waals surface area contributed by atoms with Gasteiger partial charge in [-0.2, -0.15) is 0 Å². The van der Waals surface area contributed by atoms with E-state index in [4.69, 9.17) is 16.3 Å². The third-order valence-corrected chi connectivity index (χ3v) is 5.33. The maximum absolute atomic E-state index is 13.0. The lowest BCUT2D eigenvalue weighted by atomic mass is 10.3. The van der Waals surface area contributed by atoms with Gasteiger partial charge in [0.25, 0.3) is 15.7 Å². The molecule has 0 bridgehead atoms. The summed E-state index contributed by atoms with van der Waals surface area (Å²) in [7, 11) is -4.18. The molecule has 0 unspecified atom stereocenters. The van der Waals surface area contributed by atoms with Gasteiger partial charge in [-0.3, -0.25) is 19.2 Å². The van der Waals surface area contributed by atoms with Crippen molar-refractivity contribution in [1.29, 1.82) is 0 Å². The Balaban J connectivity index is 2.48. The van der Waals surface area contributed by atoms with Crippen LogP contribution < -0.4 is 4.31 Å². The normalized spacial score (nSPS) is 11.0. The summed E-state index contributed by atoms with van der Waals surface area (Å²) >= 11 is 5.93. The van der Waals surface area contributed by atoms with Gasteiger partial charge in [0.1, 0.15) is 6.54 Å². The molecule has 26 heavy (non-hydrogen) atoms. The lowest BCUT2D eigenvalue weighted by Gasteiger charge is -2.23. The van der Waals surface area contributed by atoms with Crippen molar-refractivity contribution in [1.82, 2.24) is 0 Å². The number of carbonyl (C=O) groups excluding carboxylic acids is 1. The summed E-state index contributed by atoms with van der Waals surface area (Å²) in [4.78, 5) is 21.8. The van der Waals surface area contributed by atoms with Gasteiger partial charge in [-0.25, -0.2) is 8.42 Å². The lowest BCUT2D eigenvalue weighted by molar-refractivity contribution is -0.384. The van der Waals surface area contributed by atoms with Crippen molar-refractivity contribution in [3.63, 3.8) is 0 Å². The van der Waals surface area contributed by atoms with E-state index in [0.717, 1.165) is 28.6 Å². The molecule has 0 N–H and O–H groups in total. The Morgan fingerprint density at radius 3 is 2.42 bits per heavy atom. The number of carbonyl (C=O) groups is 1. The predicted octanol–water partition coefficient (Wildman–Crippen LogP) is 3.01. The number of esters is 1. The monoisotopic (exact) mass is 398 g/mol. The highest BCUT2D eigenvalue weighted by Crippen LogP contribution is 2.27. The van der Waals surface area contributed by atoms with Crippen LogP contribution in [0.15, 0.2) is 53.4 Å².